The Balaban J connectivity index is 2.08. The Bertz CT molecular complexity index is 973. The topological polar surface area (TPSA) is 53.1 Å². The third-order valence-corrected chi connectivity index (χ3v) is 6.71. The Hall–Kier alpha value is -2.50. The molecule has 12 heteroatoms. The van der Waals surface area contributed by atoms with Gasteiger partial charge in [0.15, 0.2) is 0 Å². The molecule has 0 spiro atoms. The van der Waals surface area contributed by atoms with Crippen molar-refractivity contribution in [3.8, 4) is 0 Å². The summed E-state index contributed by atoms with van der Waals surface area (Å²) in [7, 11) is 1.94. The number of amides is 1. The minimum atomic E-state index is -5.30. The third-order valence-electron chi connectivity index (χ3n) is 6.71. The fourth-order valence-electron chi connectivity index (χ4n) is 4.76. The first-order chi connectivity index (χ1) is 17.0. The average Bonchev–Trinajstić information content (AvgIpc) is 2.77. The molecule has 2 aliphatic rings. The van der Waals surface area contributed by atoms with Crippen molar-refractivity contribution in [2.75, 3.05) is 43.0 Å². The van der Waals surface area contributed by atoms with Gasteiger partial charge in [-0.2, -0.15) is 26.3 Å². The lowest BCUT2D eigenvalue weighted by molar-refractivity contribution is -0.183. The molecule has 0 N–H and O–H groups in total. The van der Waals surface area contributed by atoms with Crippen LogP contribution >= 0.6 is 0 Å². The van der Waals surface area contributed by atoms with Crippen LogP contribution in [0.4, 0.5) is 37.7 Å². The van der Waals surface area contributed by atoms with E-state index in [1.807, 2.05) is 11.9 Å². The summed E-state index contributed by atoms with van der Waals surface area (Å²) in [6.07, 6.45) is -11.1. The third kappa shape index (κ3) is 7.30. The molecule has 2 fully saturated rings. The second-order valence-corrected chi connectivity index (χ2v) is 10.7. The predicted octanol–water partition coefficient (Wildman–Crippen LogP) is 5.41. The minimum Gasteiger partial charge on any atom is -0.456 e. The normalized spacial score (nSPS) is 22.1. The lowest BCUT2D eigenvalue weighted by Crippen LogP contribution is -2.50. The number of anilines is 2. The summed E-state index contributed by atoms with van der Waals surface area (Å²) in [4.78, 5) is 30.3. The maximum atomic E-state index is 13.8. The number of carbonyl (C=O) groups is 2. The number of carbonyl (C=O) groups excluding carboxylic acids is 2. The smallest absolute Gasteiger partial charge is 0.456 e. The average molecular weight is 538 g/mol. The van der Waals surface area contributed by atoms with Gasteiger partial charge in [0.25, 0.3) is 0 Å². The lowest BCUT2D eigenvalue weighted by atomic mass is 9.84. The second-order valence-electron chi connectivity index (χ2n) is 10.7. The minimum absolute atomic E-state index is 0.247. The van der Waals surface area contributed by atoms with Gasteiger partial charge in [0.2, 0.25) is 0 Å². The molecule has 1 saturated heterocycles. The van der Waals surface area contributed by atoms with Gasteiger partial charge in [0.05, 0.1) is 17.2 Å². The monoisotopic (exact) mass is 537 g/mol. The molecule has 1 aromatic carbocycles. The van der Waals surface area contributed by atoms with Gasteiger partial charge in [-0.3, -0.25) is 4.79 Å². The molecule has 1 saturated carbocycles. The number of ether oxygens (including phenoxy) is 1. The van der Waals surface area contributed by atoms with Crippen LogP contribution < -0.4 is 9.80 Å². The largest absolute Gasteiger partial charge is 0.471 e. The van der Waals surface area contributed by atoms with Crippen LogP contribution in [0.2, 0.25) is 0 Å². The van der Waals surface area contributed by atoms with E-state index >= 15 is 0 Å². The summed E-state index contributed by atoms with van der Waals surface area (Å²) in [6.45, 7) is 7.35. The molecule has 0 aromatic heterocycles. The molecule has 6 nitrogen and oxygen atoms in total. The molecule has 37 heavy (non-hydrogen) atoms. The zero-order valence-corrected chi connectivity index (χ0v) is 21.4. The molecule has 0 bridgehead atoms. The van der Waals surface area contributed by atoms with Crippen LogP contribution in [0.3, 0.4) is 0 Å². The molecule has 1 aliphatic heterocycles. The molecule has 0 atom stereocenters. The van der Waals surface area contributed by atoms with Crippen LogP contribution in [0.15, 0.2) is 18.2 Å². The van der Waals surface area contributed by atoms with Gasteiger partial charge in [-0.15, -0.1) is 0 Å². The highest BCUT2D eigenvalue weighted by molar-refractivity contribution is 6.05. The van der Waals surface area contributed by atoms with E-state index in [9.17, 15) is 35.9 Å². The van der Waals surface area contributed by atoms with E-state index in [-0.39, 0.29) is 24.1 Å². The summed E-state index contributed by atoms with van der Waals surface area (Å²) in [6, 6.07) is 3.11. The molecular weight excluding hydrogens is 504 g/mol. The van der Waals surface area contributed by atoms with Crippen molar-refractivity contribution in [2.24, 2.45) is 5.92 Å². The van der Waals surface area contributed by atoms with Crippen molar-refractivity contribution in [3.63, 3.8) is 0 Å². The SMILES string of the molecule is CN1CCN(c2ccc(C(=O)OC(C)(C)C)c(N(C(=O)C(F)(F)F)[C@H]3CC[C@H](C(F)(F)F)CC3)c2)CC1. The van der Waals surface area contributed by atoms with Crippen molar-refractivity contribution in [2.45, 2.75) is 70.4 Å². The number of rotatable bonds is 4. The molecule has 1 amide bonds. The molecular formula is C25H33F6N3O3. The summed E-state index contributed by atoms with van der Waals surface area (Å²) >= 11 is 0. The van der Waals surface area contributed by atoms with Crippen molar-refractivity contribution >= 4 is 23.3 Å². The first kappa shape index (κ1) is 29.1. The Morgan fingerprint density at radius 1 is 0.919 bits per heavy atom. The molecule has 208 valence electrons. The van der Waals surface area contributed by atoms with E-state index in [0.29, 0.717) is 36.8 Å². The van der Waals surface area contributed by atoms with Crippen LogP contribution in [-0.2, 0) is 9.53 Å². The Kier molecular flexibility index (Phi) is 8.41. The highest BCUT2D eigenvalue weighted by atomic mass is 19.4. The molecule has 3 rings (SSSR count). The predicted molar refractivity (Wildman–Crippen MR) is 127 cm³/mol. The van der Waals surface area contributed by atoms with Crippen LogP contribution in [-0.4, -0.2) is 74.0 Å². The molecule has 1 aromatic rings. The van der Waals surface area contributed by atoms with Crippen molar-refractivity contribution in [1.82, 2.24) is 4.90 Å². The number of hydrogen-bond acceptors (Lipinski definition) is 5. The van der Waals surface area contributed by atoms with Gasteiger partial charge in [-0.05, 0) is 71.7 Å². The molecule has 1 aliphatic carbocycles. The van der Waals surface area contributed by atoms with E-state index in [4.69, 9.17) is 4.74 Å². The molecule has 1 heterocycles. The first-order valence-electron chi connectivity index (χ1n) is 12.3. The zero-order valence-electron chi connectivity index (χ0n) is 21.4. The van der Waals surface area contributed by atoms with Gasteiger partial charge in [-0.1, -0.05) is 0 Å². The van der Waals surface area contributed by atoms with E-state index in [1.165, 1.54) is 12.1 Å². The van der Waals surface area contributed by atoms with Crippen molar-refractivity contribution in [3.05, 3.63) is 23.8 Å². The highest BCUT2D eigenvalue weighted by Gasteiger charge is 2.49. The second kappa shape index (κ2) is 10.7. The van der Waals surface area contributed by atoms with E-state index in [0.717, 1.165) is 0 Å². The number of hydrogen-bond donors (Lipinski definition) is 0. The number of nitrogens with zero attached hydrogens (tertiary/aromatic N) is 3. The van der Waals surface area contributed by atoms with Gasteiger partial charge >= 0.3 is 24.2 Å². The number of likely N-dealkylation sites (N-methyl/N-ethyl adjacent to an activating group) is 1. The Morgan fingerprint density at radius 2 is 1.49 bits per heavy atom. The van der Waals surface area contributed by atoms with Crippen LogP contribution in [0, 0.1) is 5.92 Å². The number of piperazine rings is 1. The number of esters is 1. The van der Waals surface area contributed by atoms with Crippen molar-refractivity contribution < 1.29 is 40.7 Å². The van der Waals surface area contributed by atoms with E-state index in [1.54, 1.807) is 26.8 Å². The van der Waals surface area contributed by atoms with Gasteiger partial charge < -0.3 is 19.4 Å². The van der Waals surface area contributed by atoms with E-state index in [2.05, 4.69) is 4.90 Å². The fourth-order valence-corrected chi connectivity index (χ4v) is 4.76. The summed E-state index contributed by atoms with van der Waals surface area (Å²) in [5.41, 5.74) is -1.00. The zero-order chi connectivity index (χ0) is 27.8. The van der Waals surface area contributed by atoms with Crippen LogP contribution in [0.25, 0.3) is 0 Å². The Morgan fingerprint density at radius 3 is 1.97 bits per heavy atom. The fraction of sp³-hybridized carbons (Fsp3) is 0.680. The molecule has 0 radical (unpaired) electrons. The van der Waals surface area contributed by atoms with Gasteiger partial charge in [0.1, 0.15) is 5.60 Å². The summed E-state index contributed by atoms with van der Waals surface area (Å²) < 4.78 is 86.5. The number of benzene rings is 1. The van der Waals surface area contributed by atoms with E-state index < -0.39 is 54.6 Å². The number of alkyl halides is 6. The van der Waals surface area contributed by atoms with Gasteiger partial charge in [-0.25, -0.2) is 4.79 Å². The van der Waals surface area contributed by atoms with Crippen molar-refractivity contribution in [1.29, 1.82) is 0 Å². The Labute approximate surface area is 212 Å². The summed E-state index contributed by atoms with van der Waals surface area (Å²) in [5.74, 6) is -4.78. The standard InChI is InChI=1S/C25H33F6N3O3/c1-23(2,3)37-21(35)19-10-9-18(33-13-11-32(4)12-14-33)15-20(19)34(22(36)25(29,30)31)17-7-5-16(6-8-17)24(26,27)28/h9-10,15-17H,5-8,11-14H2,1-4H3/t16-,17-. The maximum absolute atomic E-state index is 13.8. The quantitative estimate of drug-likeness (QED) is 0.380. The lowest BCUT2D eigenvalue weighted by Gasteiger charge is -2.39. The van der Waals surface area contributed by atoms with Gasteiger partial charge in [0, 0.05) is 37.9 Å². The first-order valence-corrected chi connectivity index (χ1v) is 12.3. The van der Waals surface area contributed by atoms with Crippen LogP contribution in [0.5, 0.6) is 0 Å². The van der Waals surface area contributed by atoms with Crippen LogP contribution in [0.1, 0.15) is 56.8 Å². The maximum Gasteiger partial charge on any atom is 0.471 e. The summed E-state index contributed by atoms with van der Waals surface area (Å²) in [5, 5.41) is 0. The highest BCUT2D eigenvalue weighted by Crippen LogP contribution is 2.42. The number of halogens is 6. The molecule has 0 unspecified atom stereocenters.